The van der Waals surface area contributed by atoms with Crippen molar-refractivity contribution in [1.29, 1.82) is 0 Å². The lowest BCUT2D eigenvalue weighted by molar-refractivity contribution is -0.111. The summed E-state index contributed by atoms with van der Waals surface area (Å²) in [5.74, 6) is 0.399. The van der Waals surface area contributed by atoms with Gasteiger partial charge >= 0.3 is 0 Å². The topological polar surface area (TPSA) is 76.3 Å². The minimum atomic E-state index is -0.478. The zero-order chi connectivity index (χ0) is 12.3. The predicted molar refractivity (Wildman–Crippen MR) is 63.8 cm³/mol. The molecule has 5 nitrogen and oxygen atoms in total. The monoisotopic (exact) mass is 233 g/mol. The predicted octanol–water partition coefficient (Wildman–Crippen LogP) is 0.596. The van der Waals surface area contributed by atoms with Crippen LogP contribution in [0.4, 0.5) is 5.82 Å². The van der Waals surface area contributed by atoms with E-state index in [-0.39, 0.29) is 5.92 Å². The van der Waals surface area contributed by atoms with Gasteiger partial charge in [0.1, 0.15) is 12.1 Å². The molecule has 1 aliphatic heterocycles. The van der Waals surface area contributed by atoms with Crippen molar-refractivity contribution in [1.82, 2.24) is 4.98 Å². The van der Waals surface area contributed by atoms with E-state index in [1.807, 2.05) is 0 Å². The van der Waals surface area contributed by atoms with Crippen LogP contribution in [0.25, 0.3) is 0 Å². The number of amides is 1. The summed E-state index contributed by atoms with van der Waals surface area (Å²) in [4.78, 5) is 27.9. The standard InChI is InChI=1S/C12H15N3O2/c13-12(17)10-3-4-11(14-6-10)15-5-1-2-9(7-15)8-16/h3-4,6,8-9H,1-2,5,7H2,(H2,13,17). The molecule has 17 heavy (non-hydrogen) atoms. The summed E-state index contributed by atoms with van der Waals surface area (Å²) >= 11 is 0. The highest BCUT2D eigenvalue weighted by molar-refractivity contribution is 5.92. The van der Waals surface area contributed by atoms with Crippen LogP contribution in [0.5, 0.6) is 0 Å². The van der Waals surface area contributed by atoms with E-state index in [0.717, 1.165) is 31.5 Å². The smallest absolute Gasteiger partial charge is 0.250 e. The van der Waals surface area contributed by atoms with E-state index in [4.69, 9.17) is 5.73 Å². The Labute approximate surface area is 99.6 Å². The largest absolute Gasteiger partial charge is 0.366 e. The van der Waals surface area contributed by atoms with Crippen LogP contribution in [0.15, 0.2) is 18.3 Å². The van der Waals surface area contributed by atoms with Gasteiger partial charge in [-0.25, -0.2) is 4.98 Å². The molecular weight excluding hydrogens is 218 g/mol. The van der Waals surface area contributed by atoms with E-state index in [2.05, 4.69) is 9.88 Å². The van der Waals surface area contributed by atoms with Gasteiger partial charge in [0, 0.05) is 25.2 Å². The quantitative estimate of drug-likeness (QED) is 0.775. The Morgan fingerprint density at radius 3 is 2.94 bits per heavy atom. The molecule has 1 aromatic rings. The Morgan fingerprint density at radius 1 is 1.53 bits per heavy atom. The van der Waals surface area contributed by atoms with E-state index in [1.165, 1.54) is 6.20 Å². The molecule has 0 aromatic carbocycles. The van der Waals surface area contributed by atoms with E-state index >= 15 is 0 Å². The highest BCUT2D eigenvalue weighted by Gasteiger charge is 2.20. The van der Waals surface area contributed by atoms with Gasteiger partial charge in [0.25, 0.3) is 0 Å². The maximum Gasteiger partial charge on any atom is 0.250 e. The maximum atomic E-state index is 10.9. The first kappa shape index (κ1) is 11.6. The molecule has 0 aliphatic carbocycles. The van der Waals surface area contributed by atoms with E-state index < -0.39 is 5.91 Å². The van der Waals surface area contributed by atoms with Gasteiger partial charge in [0.15, 0.2) is 0 Å². The summed E-state index contributed by atoms with van der Waals surface area (Å²) in [6, 6.07) is 3.43. The fourth-order valence-electron chi connectivity index (χ4n) is 2.05. The molecule has 90 valence electrons. The summed E-state index contributed by atoms with van der Waals surface area (Å²) in [6.45, 7) is 1.60. The first-order valence-electron chi connectivity index (χ1n) is 5.67. The van der Waals surface area contributed by atoms with Gasteiger partial charge in [-0.15, -0.1) is 0 Å². The Morgan fingerprint density at radius 2 is 2.35 bits per heavy atom. The normalized spacial score (nSPS) is 20.0. The fraction of sp³-hybridized carbons (Fsp3) is 0.417. The summed E-state index contributed by atoms with van der Waals surface area (Å²) < 4.78 is 0. The van der Waals surface area contributed by atoms with Crippen LogP contribution in [0.1, 0.15) is 23.2 Å². The van der Waals surface area contributed by atoms with Gasteiger partial charge < -0.3 is 15.4 Å². The number of primary amides is 1. The number of piperidine rings is 1. The second-order valence-corrected chi connectivity index (χ2v) is 4.25. The van der Waals surface area contributed by atoms with Crippen molar-refractivity contribution >= 4 is 18.0 Å². The number of hydrogen-bond donors (Lipinski definition) is 1. The number of carbonyl (C=O) groups excluding carboxylic acids is 2. The van der Waals surface area contributed by atoms with Crippen LogP contribution < -0.4 is 10.6 Å². The molecular formula is C12H15N3O2. The number of rotatable bonds is 3. The molecule has 1 atom stereocenters. The number of hydrogen-bond acceptors (Lipinski definition) is 4. The molecule has 1 aromatic heterocycles. The van der Waals surface area contributed by atoms with E-state index in [9.17, 15) is 9.59 Å². The minimum Gasteiger partial charge on any atom is -0.366 e. The second kappa shape index (κ2) is 4.95. The van der Waals surface area contributed by atoms with Crippen LogP contribution in [0.3, 0.4) is 0 Å². The third kappa shape index (κ3) is 2.61. The van der Waals surface area contributed by atoms with Gasteiger partial charge in [0.05, 0.1) is 5.56 Å². The number of pyridine rings is 1. The summed E-state index contributed by atoms with van der Waals surface area (Å²) in [5, 5.41) is 0. The van der Waals surface area contributed by atoms with E-state index in [1.54, 1.807) is 12.1 Å². The Bertz CT molecular complexity index is 416. The van der Waals surface area contributed by atoms with Crippen LogP contribution >= 0.6 is 0 Å². The number of nitrogens with zero attached hydrogens (tertiary/aromatic N) is 2. The van der Waals surface area contributed by atoms with Crippen LogP contribution in [-0.4, -0.2) is 30.3 Å². The molecule has 0 bridgehead atoms. The van der Waals surface area contributed by atoms with Crippen molar-refractivity contribution in [3.05, 3.63) is 23.9 Å². The number of aromatic nitrogens is 1. The number of anilines is 1. The highest BCUT2D eigenvalue weighted by atomic mass is 16.1. The lowest BCUT2D eigenvalue weighted by Gasteiger charge is -2.31. The third-order valence-corrected chi connectivity index (χ3v) is 3.01. The molecule has 1 fully saturated rings. The highest BCUT2D eigenvalue weighted by Crippen LogP contribution is 2.20. The van der Waals surface area contributed by atoms with Crippen molar-refractivity contribution in [2.45, 2.75) is 12.8 Å². The van der Waals surface area contributed by atoms with Gasteiger partial charge in [0.2, 0.25) is 5.91 Å². The zero-order valence-corrected chi connectivity index (χ0v) is 9.50. The molecule has 0 saturated carbocycles. The molecule has 1 saturated heterocycles. The van der Waals surface area contributed by atoms with Crippen LogP contribution in [0, 0.1) is 5.92 Å². The molecule has 0 radical (unpaired) electrons. The molecule has 5 heteroatoms. The first-order chi connectivity index (χ1) is 8.20. The zero-order valence-electron chi connectivity index (χ0n) is 9.50. The van der Waals surface area contributed by atoms with Gasteiger partial charge in [-0.2, -0.15) is 0 Å². The molecule has 2 heterocycles. The minimum absolute atomic E-state index is 0.0846. The number of carbonyl (C=O) groups is 2. The van der Waals surface area contributed by atoms with E-state index in [0.29, 0.717) is 12.1 Å². The van der Waals surface area contributed by atoms with Gasteiger partial charge in [-0.1, -0.05) is 0 Å². The number of nitrogens with two attached hydrogens (primary N) is 1. The Kier molecular flexibility index (Phi) is 3.37. The van der Waals surface area contributed by atoms with Crippen molar-refractivity contribution in [3.8, 4) is 0 Å². The van der Waals surface area contributed by atoms with Crippen molar-refractivity contribution in [2.24, 2.45) is 11.7 Å². The molecule has 0 spiro atoms. The lowest BCUT2D eigenvalue weighted by Crippen LogP contribution is -2.36. The lowest BCUT2D eigenvalue weighted by atomic mass is 10.00. The maximum absolute atomic E-state index is 10.9. The van der Waals surface area contributed by atoms with Crippen molar-refractivity contribution in [3.63, 3.8) is 0 Å². The van der Waals surface area contributed by atoms with Crippen molar-refractivity contribution in [2.75, 3.05) is 18.0 Å². The summed E-state index contributed by atoms with van der Waals surface area (Å²) in [5.41, 5.74) is 5.55. The first-order valence-corrected chi connectivity index (χ1v) is 5.67. The average Bonchev–Trinajstić information content (AvgIpc) is 2.39. The summed E-state index contributed by atoms with van der Waals surface area (Å²) in [6.07, 6.45) is 4.41. The summed E-state index contributed by atoms with van der Waals surface area (Å²) in [7, 11) is 0. The molecule has 1 unspecified atom stereocenters. The van der Waals surface area contributed by atoms with Crippen LogP contribution in [-0.2, 0) is 4.79 Å². The molecule has 2 N–H and O–H groups in total. The van der Waals surface area contributed by atoms with Crippen molar-refractivity contribution < 1.29 is 9.59 Å². The number of aldehydes is 1. The molecule has 2 rings (SSSR count). The Balaban J connectivity index is 2.11. The average molecular weight is 233 g/mol. The Hall–Kier alpha value is -1.91. The molecule has 1 amide bonds. The third-order valence-electron chi connectivity index (χ3n) is 3.01. The van der Waals surface area contributed by atoms with Gasteiger partial charge in [-0.05, 0) is 25.0 Å². The fourth-order valence-corrected chi connectivity index (χ4v) is 2.05. The van der Waals surface area contributed by atoms with Crippen LogP contribution in [0.2, 0.25) is 0 Å². The molecule has 1 aliphatic rings. The second-order valence-electron chi connectivity index (χ2n) is 4.25. The van der Waals surface area contributed by atoms with Gasteiger partial charge in [-0.3, -0.25) is 4.79 Å². The SMILES string of the molecule is NC(=O)c1ccc(N2CCCC(C=O)C2)nc1.